The minimum atomic E-state index is -4.48. The minimum Gasteiger partial charge on any atom is -0.545 e. The maximum Gasteiger partial charge on any atom is 1.00 e. The van der Waals surface area contributed by atoms with Crippen LogP contribution < -0.4 is 43.6 Å². The molecule has 3 aromatic rings. The van der Waals surface area contributed by atoms with Crippen molar-refractivity contribution < 1.29 is 61.6 Å². The Morgan fingerprint density at radius 3 is 1.77 bits per heavy atom. The van der Waals surface area contributed by atoms with Gasteiger partial charge in [0.1, 0.15) is 16.4 Å². The van der Waals surface area contributed by atoms with E-state index in [9.17, 15) is 23.1 Å². The van der Waals surface area contributed by atoms with E-state index in [1.54, 1.807) is 0 Å². The molecular weight excluding hydrogens is 478 g/mol. The van der Waals surface area contributed by atoms with Crippen LogP contribution in [0.5, 0.6) is 11.5 Å². The van der Waals surface area contributed by atoms with Gasteiger partial charge in [-0.3, -0.25) is 0 Å². The third kappa shape index (κ3) is 6.70. The Morgan fingerprint density at radius 2 is 1.26 bits per heavy atom. The Hall–Kier alpha value is -2.07. The van der Waals surface area contributed by atoms with Crippen LogP contribution in [-0.4, -0.2) is 20.4 Å². The van der Waals surface area contributed by atoms with Gasteiger partial charge in [-0.05, 0) is 72.3 Å². The fraction of sp³-hybridized carbons (Fsp3) is 0. The Morgan fingerprint density at radius 1 is 0.774 bits per heavy atom. The molecule has 0 aromatic heterocycles. The molecule has 0 N–H and O–H groups in total. The van der Waals surface area contributed by atoms with Crippen LogP contribution in [0.25, 0.3) is 0 Å². The summed E-state index contributed by atoms with van der Waals surface area (Å²) in [5, 5.41) is 12.1. The largest absolute Gasteiger partial charge is 1.00 e. The van der Waals surface area contributed by atoms with Crippen LogP contribution in [0.3, 0.4) is 0 Å². The first kappa shape index (κ1) is 25.2. The number of carbonyl (C=O) groups excluding carboxylic acids is 2. The maximum atomic E-state index is 12.6. The van der Waals surface area contributed by atoms with Gasteiger partial charge in [0.05, 0.1) is 11.5 Å². The average Bonchev–Trinajstić information content (AvgIpc) is 2.71. The van der Waals surface area contributed by atoms with Crippen molar-refractivity contribution in [3.8, 4) is 11.5 Å². The second kappa shape index (κ2) is 10.5. The standard InChI is InChI=1S/C20H12Cl2O7S.Na/c21-14-1-5-16(6-2-14)28-20(25)13-9-12(19(23)24)10-18(11-13)30(26,27)29-17-7-3-15(22)4-8-17;/h1-11H,(H,23,24);/q;+1/p-1. The van der Waals surface area contributed by atoms with Crippen LogP contribution in [0.15, 0.2) is 71.6 Å². The van der Waals surface area contributed by atoms with Gasteiger partial charge >= 0.3 is 45.6 Å². The molecule has 11 heteroatoms. The molecule has 0 atom stereocenters. The molecule has 0 aliphatic rings. The Balaban J connectivity index is 0.00000341. The van der Waals surface area contributed by atoms with E-state index >= 15 is 0 Å². The summed E-state index contributed by atoms with van der Waals surface area (Å²) < 4.78 is 35.3. The zero-order chi connectivity index (χ0) is 21.9. The number of carbonyl (C=O) groups is 2. The quantitative estimate of drug-likeness (QED) is 0.213. The molecule has 0 radical (unpaired) electrons. The molecule has 0 saturated heterocycles. The van der Waals surface area contributed by atoms with Gasteiger partial charge in [0.2, 0.25) is 0 Å². The van der Waals surface area contributed by atoms with E-state index in [0.29, 0.717) is 10.0 Å². The molecule has 0 unspecified atom stereocenters. The molecule has 0 spiro atoms. The van der Waals surface area contributed by atoms with Crippen LogP contribution in [0.2, 0.25) is 10.0 Å². The number of esters is 1. The van der Waals surface area contributed by atoms with Gasteiger partial charge in [-0.15, -0.1) is 0 Å². The Kier molecular flexibility index (Phi) is 8.53. The average molecular weight is 489 g/mol. The normalized spacial score (nSPS) is 10.6. The number of halogens is 2. The molecule has 0 aliphatic heterocycles. The third-order valence-corrected chi connectivity index (χ3v) is 5.44. The Bertz CT molecular complexity index is 1210. The monoisotopic (exact) mass is 488 g/mol. The van der Waals surface area contributed by atoms with Crippen LogP contribution in [0.4, 0.5) is 0 Å². The van der Waals surface area contributed by atoms with Crippen molar-refractivity contribution in [2.45, 2.75) is 4.90 Å². The molecule has 3 aromatic carbocycles. The number of hydrogen-bond acceptors (Lipinski definition) is 7. The predicted molar refractivity (Wildman–Crippen MR) is 106 cm³/mol. The number of hydrogen-bond donors (Lipinski definition) is 0. The first-order valence-electron chi connectivity index (χ1n) is 8.18. The molecule has 31 heavy (non-hydrogen) atoms. The van der Waals surface area contributed by atoms with Crippen LogP contribution in [-0.2, 0) is 10.1 Å². The molecule has 0 heterocycles. The number of benzene rings is 3. The van der Waals surface area contributed by atoms with Crippen LogP contribution in [0.1, 0.15) is 20.7 Å². The summed E-state index contributed by atoms with van der Waals surface area (Å²) in [7, 11) is -4.48. The molecule has 154 valence electrons. The van der Waals surface area contributed by atoms with E-state index < -0.39 is 32.5 Å². The molecule has 7 nitrogen and oxygen atoms in total. The number of carboxylic acids is 1. The summed E-state index contributed by atoms with van der Waals surface area (Å²) in [5.74, 6) is -2.59. The molecule has 0 fully saturated rings. The van der Waals surface area contributed by atoms with Gasteiger partial charge in [0.25, 0.3) is 0 Å². The van der Waals surface area contributed by atoms with E-state index in [-0.39, 0.29) is 46.6 Å². The number of ether oxygens (including phenoxy) is 1. The van der Waals surface area contributed by atoms with Crippen molar-refractivity contribution in [1.29, 1.82) is 0 Å². The smallest absolute Gasteiger partial charge is 0.545 e. The number of aromatic carboxylic acids is 1. The molecule has 0 amide bonds. The van der Waals surface area contributed by atoms with E-state index in [0.717, 1.165) is 18.2 Å². The van der Waals surface area contributed by atoms with Gasteiger partial charge < -0.3 is 18.8 Å². The van der Waals surface area contributed by atoms with E-state index in [1.807, 2.05) is 0 Å². The minimum absolute atomic E-state index is 0. The molecule has 0 saturated carbocycles. The van der Waals surface area contributed by atoms with Crippen molar-refractivity contribution in [2.24, 2.45) is 0 Å². The van der Waals surface area contributed by atoms with E-state index in [2.05, 4.69) is 0 Å². The van der Waals surface area contributed by atoms with Gasteiger partial charge in [0.15, 0.2) is 0 Å². The van der Waals surface area contributed by atoms with Gasteiger partial charge in [0, 0.05) is 10.0 Å². The van der Waals surface area contributed by atoms with Gasteiger partial charge in [-0.1, -0.05) is 23.2 Å². The Labute approximate surface area is 209 Å². The van der Waals surface area contributed by atoms with Crippen molar-refractivity contribution in [3.05, 3.63) is 87.9 Å². The zero-order valence-electron chi connectivity index (χ0n) is 15.9. The van der Waals surface area contributed by atoms with Gasteiger partial charge in [-0.2, -0.15) is 8.42 Å². The van der Waals surface area contributed by atoms with Gasteiger partial charge in [-0.25, -0.2) is 4.79 Å². The predicted octanol–water partition coefficient (Wildman–Crippen LogP) is 0.348. The fourth-order valence-electron chi connectivity index (χ4n) is 2.31. The van der Waals surface area contributed by atoms with Crippen molar-refractivity contribution in [2.75, 3.05) is 0 Å². The summed E-state index contributed by atoms with van der Waals surface area (Å²) >= 11 is 11.5. The number of carboxylic acid groups (broad SMARTS) is 1. The fourth-order valence-corrected chi connectivity index (χ4v) is 3.57. The van der Waals surface area contributed by atoms with E-state index in [4.69, 9.17) is 32.1 Å². The third-order valence-electron chi connectivity index (χ3n) is 3.71. The molecule has 0 bridgehead atoms. The first-order valence-corrected chi connectivity index (χ1v) is 10.3. The molecule has 3 rings (SSSR count). The number of rotatable bonds is 6. The van der Waals surface area contributed by atoms with Crippen molar-refractivity contribution in [1.82, 2.24) is 0 Å². The summed E-state index contributed by atoms with van der Waals surface area (Å²) in [5.41, 5.74) is -0.872. The summed E-state index contributed by atoms with van der Waals surface area (Å²) in [6, 6.07) is 14.0. The first-order chi connectivity index (χ1) is 14.1. The molecular formula is C20H11Cl2NaO7S. The SMILES string of the molecule is O=C([O-])c1cc(C(=O)Oc2ccc(Cl)cc2)cc(S(=O)(=O)Oc2ccc(Cl)cc2)c1.[Na+]. The second-order valence-electron chi connectivity index (χ2n) is 5.87. The van der Waals surface area contributed by atoms with E-state index in [1.165, 1.54) is 48.5 Å². The van der Waals surface area contributed by atoms with Crippen molar-refractivity contribution in [3.63, 3.8) is 0 Å². The summed E-state index contributed by atoms with van der Waals surface area (Å²) in [6.07, 6.45) is 0. The topological polar surface area (TPSA) is 110 Å². The zero-order valence-corrected chi connectivity index (χ0v) is 20.2. The van der Waals surface area contributed by atoms with Crippen molar-refractivity contribution >= 4 is 45.3 Å². The maximum absolute atomic E-state index is 12.6. The summed E-state index contributed by atoms with van der Waals surface area (Å²) in [6.45, 7) is 0. The molecule has 0 aliphatic carbocycles. The second-order valence-corrected chi connectivity index (χ2v) is 8.29. The van der Waals surface area contributed by atoms with Crippen LogP contribution >= 0.6 is 23.2 Å². The summed E-state index contributed by atoms with van der Waals surface area (Å²) in [4.78, 5) is 23.2. The van der Waals surface area contributed by atoms with Crippen LogP contribution in [0, 0.1) is 0 Å².